The average Bonchev–Trinajstić information content (AvgIpc) is 2.57. The van der Waals surface area contributed by atoms with Crippen LogP contribution in [0.25, 0.3) is 10.8 Å². The van der Waals surface area contributed by atoms with E-state index in [1.54, 1.807) is 18.3 Å². The second-order valence-electron chi connectivity index (χ2n) is 6.56. The van der Waals surface area contributed by atoms with Crippen molar-refractivity contribution in [3.8, 4) is 0 Å². The number of rotatable bonds is 5. The van der Waals surface area contributed by atoms with E-state index in [4.69, 9.17) is 4.74 Å². The molecule has 7 heteroatoms. The zero-order valence-electron chi connectivity index (χ0n) is 14.6. The molecule has 0 bridgehead atoms. The van der Waals surface area contributed by atoms with Crippen LogP contribution in [0.1, 0.15) is 13.8 Å². The van der Waals surface area contributed by atoms with Gasteiger partial charge in [0.25, 0.3) is 5.56 Å². The maximum atomic E-state index is 12.4. The van der Waals surface area contributed by atoms with E-state index in [1.165, 1.54) is 4.68 Å². The molecule has 3 rings (SSSR count). The molecule has 0 saturated carbocycles. The Labute approximate surface area is 146 Å². The molecule has 0 aliphatic carbocycles. The Morgan fingerprint density at radius 1 is 1.28 bits per heavy atom. The van der Waals surface area contributed by atoms with Crippen LogP contribution in [0.3, 0.4) is 0 Å². The number of amides is 1. The Bertz CT molecular complexity index is 794. The third-order valence-electron chi connectivity index (χ3n) is 4.30. The lowest BCUT2D eigenvalue weighted by molar-refractivity contribution is -0.122. The van der Waals surface area contributed by atoms with E-state index >= 15 is 0 Å². The molecule has 1 aromatic carbocycles. The standard InChI is InChI=1S/C18H24N4O3/c1-13-10-21(11-14(2)25-13)8-7-19-17(23)12-22-18(24)16-6-4-3-5-15(16)9-20-22/h3-6,9,13-14H,7-8,10-12H2,1-2H3,(H,19,23). The summed E-state index contributed by atoms with van der Waals surface area (Å²) in [5.74, 6) is -0.209. The molecule has 25 heavy (non-hydrogen) atoms. The van der Waals surface area contributed by atoms with Gasteiger partial charge >= 0.3 is 0 Å². The average molecular weight is 344 g/mol. The van der Waals surface area contributed by atoms with Gasteiger partial charge in [-0.3, -0.25) is 14.5 Å². The summed E-state index contributed by atoms with van der Waals surface area (Å²) in [6, 6.07) is 7.24. The second kappa shape index (κ2) is 7.76. The fraction of sp³-hybridized carbons (Fsp3) is 0.500. The summed E-state index contributed by atoms with van der Waals surface area (Å²) in [4.78, 5) is 26.8. The number of benzene rings is 1. The van der Waals surface area contributed by atoms with Crippen LogP contribution in [0.2, 0.25) is 0 Å². The van der Waals surface area contributed by atoms with Crippen molar-refractivity contribution in [2.45, 2.75) is 32.6 Å². The number of nitrogens with zero attached hydrogens (tertiary/aromatic N) is 3. The van der Waals surface area contributed by atoms with Gasteiger partial charge in [-0.25, -0.2) is 4.68 Å². The number of aromatic nitrogens is 2. The molecule has 2 aromatic rings. The van der Waals surface area contributed by atoms with Crippen LogP contribution >= 0.6 is 0 Å². The highest BCUT2D eigenvalue weighted by Crippen LogP contribution is 2.09. The Balaban J connectivity index is 1.53. The van der Waals surface area contributed by atoms with E-state index in [-0.39, 0.29) is 30.2 Å². The molecular weight excluding hydrogens is 320 g/mol. The van der Waals surface area contributed by atoms with Crippen LogP contribution < -0.4 is 10.9 Å². The lowest BCUT2D eigenvalue weighted by Gasteiger charge is -2.35. The van der Waals surface area contributed by atoms with E-state index < -0.39 is 0 Å². The molecule has 1 N–H and O–H groups in total. The summed E-state index contributed by atoms with van der Waals surface area (Å²) >= 11 is 0. The van der Waals surface area contributed by atoms with Crippen LogP contribution in [0.15, 0.2) is 35.3 Å². The van der Waals surface area contributed by atoms with Crippen molar-refractivity contribution in [1.82, 2.24) is 20.0 Å². The number of hydrogen-bond donors (Lipinski definition) is 1. The monoisotopic (exact) mass is 344 g/mol. The zero-order valence-corrected chi connectivity index (χ0v) is 14.6. The van der Waals surface area contributed by atoms with Gasteiger partial charge in [-0.1, -0.05) is 18.2 Å². The molecule has 1 saturated heterocycles. The Hall–Kier alpha value is -2.25. The summed E-state index contributed by atoms with van der Waals surface area (Å²) in [6.45, 7) is 7.08. The topological polar surface area (TPSA) is 76.5 Å². The van der Waals surface area contributed by atoms with Crippen LogP contribution in [0, 0.1) is 0 Å². The number of morpholine rings is 1. The van der Waals surface area contributed by atoms with E-state index in [0.717, 1.165) is 25.0 Å². The fourth-order valence-corrected chi connectivity index (χ4v) is 3.25. The summed E-state index contributed by atoms with van der Waals surface area (Å²) in [6.07, 6.45) is 2.03. The van der Waals surface area contributed by atoms with Crippen LogP contribution in [-0.2, 0) is 16.1 Å². The van der Waals surface area contributed by atoms with E-state index in [1.807, 2.05) is 12.1 Å². The third-order valence-corrected chi connectivity index (χ3v) is 4.30. The van der Waals surface area contributed by atoms with Gasteiger partial charge in [-0.2, -0.15) is 5.10 Å². The number of fused-ring (bicyclic) bond motifs is 1. The highest BCUT2D eigenvalue weighted by atomic mass is 16.5. The number of carbonyl (C=O) groups excluding carboxylic acids is 1. The van der Waals surface area contributed by atoms with Gasteiger partial charge in [-0.15, -0.1) is 0 Å². The Morgan fingerprint density at radius 2 is 2.00 bits per heavy atom. The van der Waals surface area contributed by atoms with Crippen molar-refractivity contribution in [3.63, 3.8) is 0 Å². The normalized spacial score (nSPS) is 21.4. The summed E-state index contributed by atoms with van der Waals surface area (Å²) in [7, 11) is 0. The lowest BCUT2D eigenvalue weighted by atomic mass is 10.2. The number of hydrogen-bond acceptors (Lipinski definition) is 5. The first-order valence-corrected chi connectivity index (χ1v) is 8.62. The minimum absolute atomic E-state index is 0.0699. The number of ether oxygens (including phenoxy) is 1. The molecule has 1 aromatic heterocycles. The van der Waals surface area contributed by atoms with Crippen LogP contribution in [-0.4, -0.2) is 59.0 Å². The largest absolute Gasteiger partial charge is 0.373 e. The number of nitrogens with one attached hydrogen (secondary N) is 1. The maximum Gasteiger partial charge on any atom is 0.275 e. The van der Waals surface area contributed by atoms with Gasteiger partial charge in [0.05, 0.1) is 23.8 Å². The maximum absolute atomic E-state index is 12.4. The minimum Gasteiger partial charge on any atom is -0.373 e. The molecule has 2 unspecified atom stereocenters. The first-order chi connectivity index (χ1) is 12.0. The second-order valence-corrected chi connectivity index (χ2v) is 6.56. The highest BCUT2D eigenvalue weighted by Gasteiger charge is 2.21. The highest BCUT2D eigenvalue weighted by molar-refractivity contribution is 5.81. The zero-order chi connectivity index (χ0) is 17.8. The van der Waals surface area contributed by atoms with E-state index in [2.05, 4.69) is 29.2 Å². The van der Waals surface area contributed by atoms with Crippen LogP contribution in [0.4, 0.5) is 0 Å². The molecule has 1 amide bonds. The predicted octanol–water partition coefficient (Wildman–Crippen LogP) is 0.622. The first-order valence-electron chi connectivity index (χ1n) is 8.62. The van der Waals surface area contributed by atoms with Crippen molar-refractivity contribution in [2.24, 2.45) is 0 Å². The summed E-state index contributed by atoms with van der Waals surface area (Å²) in [5.41, 5.74) is -0.246. The molecule has 2 heterocycles. The predicted molar refractivity (Wildman–Crippen MR) is 95.5 cm³/mol. The molecule has 1 aliphatic rings. The third kappa shape index (κ3) is 4.43. The molecule has 7 nitrogen and oxygen atoms in total. The molecule has 134 valence electrons. The molecule has 1 fully saturated rings. The SMILES string of the molecule is CC1CN(CCNC(=O)Cn2ncc3ccccc3c2=O)CC(C)O1. The van der Waals surface area contributed by atoms with Crippen molar-refractivity contribution in [2.75, 3.05) is 26.2 Å². The van der Waals surface area contributed by atoms with Crippen molar-refractivity contribution < 1.29 is 9.53 Å². The first kappa shape index (κ1) is 17.6. The van der Waals surface area contributed by atoms with Gasteiger partial charge in [0.15, 0.2) is 0 Å². The molecule has 2 atom stereocenters. The van der Waals surface area contributed by atoms with Gasteiger partial charge in [0, 0.05) is 31.6 Å². The summed E-state index contributed by atoms with van der Waals surface area (Å²) in [5, 5.41) is 8.29. The Kier molecular flexibility index (Phi) is 5.45. The smallest absolute Gasteiger partial charge is 0.275 e. The molecule has 0 spiro atoms. The Morgan fingerprint density at radius 3 is 2.76 bits per heavy atom. The lowest BCUT2D eigenvalue weighted by Crippen LogP contribution is -2.48. The minimum atomic E-state index is -0.246. The van der Waals surface area contributed by atoms with Gasteiger partial charge < -0.3 is 10.1 Å². The fourth-order valence-electron chi connectivity index (χ4n) is 3.25. The summed E-state index contributed by atoms with van der Waals surface area (Å²) < 4.78 is 6.90. The van der Waals surface area contributed by atoms with Gasteiger partial charge in [0.1, 0.15) is 6.54 Å². The quantitative estimate of drug-likeness (QED) is 0.861. The van der Waals surface area contributed by atoms with E-state index in [0.29, 0.717) is 11.9 Å². The van der Waals surface area contributed by atoms with Gasteiger partial charge in [-0.05, 0) is 19.9 Å². The van der Waals surface area contributed by atoms with Crippen molar-refractivity contribution in [1.29, 1.82) is 0 Å². The van der Waals surface area contributed by atoms with E-state index in [9.17, 15) is 9.59 Å². The van der Waals surface area contributed by atoms with Gasteiger partial charge in [0.2, 0.25) is 5.91 Å². The van der Waals surface area contributed by atoms with Crippen LogP contribution in [0.5, 0.6) is 0 Å². The molecule has 1 aliphatic heterocycles. The molecular formula is C18H24N4O3. The molecule has 0 radical (unpaired) electrons. The van der Waals surface area contributed by atoms with Crippen molar-refractivity contribution in [3.05, 3.63) is 40.8 Å². The van der Waals surface area contributed by atoms with Crippen molar-refractivity contribution >= 4 is 16.7 Å². The number of carbonyl (C=O) groups is 1.